The topological polar surface area (TPSA) is 75.7 Å². The van der Waals surface area contributed by atoms with Crippen molar-refractivity contribution in [1.82, 2.24) is 0 Å². The Balaban J connectivity index is 1.91. The number of ether oxygens (including phenoxy) is 1. The van der Waals surface area contributed by atoms with Crippen LogP contribution in [0.15, 0.2) is 77.7 Å². The third kappa shape index (κ3) is 5.77. The Bertz CT molecular complexity index is 1230. The van der Waals surface area contributed by atoms with Gasteiger partial charge in [0, 0.05) is 5.69 Å². The largest absolute Gasteiger partial charge is 0.495 e. The number of amides is 1. The minimum Gasteiger partial charge on any atom is -0.495 e. The van der Waals surface area contributed by atoms with Crippen LogP contribution in [0.1, 0.15) is 5.56 Å². The number of hydrogen-bond acceptors (Lipinski definition) is 4. The van der Waals surface area contributed by atoms with Crippen LogP contribution in [0.5, 0.6) is 5.75 Å². The normalized spacial score (nSPS) is 11.7. The van der Waals surface area contributed by atoms with E-state index in [4.69, 9.17) is 16.3 Å². The SMILES string of the molecule is COc1ccc(N(CC(=O)Nc2ccc(C(F)(F)F)cc2)S(=O)(=O)c2ccccc2)cc1Cl. The highest BCUT2D eigenvalue weighted by Crippen LogP contribution is 2.32. The van der Waals surface area contributed by atoms with Crippen LogP contribution < -0.4 is 14.4 Å². The molecule has 6 nitrogen and oxygen atoms in total. The molecule has 0 aromatic heterocycles. The first-order chi connectivity index (χ1) is 15.5. The number of carbonyl (C=O) groups excluding carboxylic acids is 1. The maximum atomic E-state index is 13.3. The Morgan fingerprint density at radius 2 is 1.67 bits per heavy atom. The molecule has 3 rings (SSSR count). The minimum atomic E-state index is -4.52. The molecular formula is C22H18ClF3N2O4S. The second-order valence-electron chi connectivity index (χ2n) is 6.77. The first kappa shape index (κ1) is 24.4. The third-order valence-electron chi connectivity index (χ3n) is 4.54. The summed E-state index contributed by atoms with van der Waals surface area (Å²) in [6.07, 6.45) is -4.52. The van der Waals surface area contributed by atoms with Crippen LogP contribution in [0.3, 0.4) is 0 Å². The van der Waals surface area contributed by atoms with E-state index in [9.17, 15) is 26.4 Å². The number of benzene rings is 3. The number of alkyl halides is 3. The van der Waals surface area contributed by atoms with E-state index < -0.39 is 34.2 Å². The van der Waals surface area contributed by atoms with Crippen molar-refractivity contribution in [3.05, 3.63) is 83.4 Å². The summed E-state index contributed by atoms with van der Waals surface area (Å²) in [6.45, 7) is -0.652. The van der Waals surface area contributed by atoms with Crippen LogP contribution in [0.25, 0.3) is 0 Å². The summed E-state index contributed by atoms with van der Waals surface area (Å²) in [7, 11) is -2.78. The maximum Gasteiger partial charge on any atom is 0.416 e. The number of nitrogens with one attached hydrogen (secondary N) is 1. The van der Waals surface area contributed by atoms with Gasteiger partial charge in [-0.05, 0) is 54.6 Å². The van der Waals surface area contributed by atoms with Crippen molar-refractivity contribution < 1.29 is 31.1 Å². The highest BCUT2D eigenvalue weighted by molar-refractivity contribution is 7.92. The molecule has 33 heavy (non-hydrogen) atoms. The van der Waals surface area contributed by atoms with Crippen molar-refractivity contribution in [1.29, 1.82) is 0 Å². The lowest BCUT2D eigenvalue weighted by molar-refractivity contribution is -0.137. The Hall–Kier alpha value is -3.24. The molecular weight excluding hydrogens is 481 g/mol. The summed E-state index contributed by atoms with van der Waals surface area (Å²) in [6, 6.07) is 15.5. The zero-order chi connectivity index (χ0) is 24.2. The number of methoxy groups -OCH3 is 1. The molecule has 174 valence electrons. The van der Waals surface area contributed by atoms with Crippen molar-refractivity contribution in [3.63, 3.8) is 0 Å². The lowest BCUT2D eigenvalue weighted by atomic mass is 10.2. The molecule has 0 heterocycles. The molecule has 1 N–H and O–H groups in total. The van der Waals surface area contributed by atoms with Crippen LogP contribution in [0.2, 0.25) is 5.02 Å². The summed E-state index contributed by atoms with van der Waals surface area (Å²) >= 11 is 6.15. The van der Waals surface area contributed by atoms with E-state index in [1.165, 1.54) is 49.6 Å². The van der Waals surface area contributed by atoms with Gasteiger partial charge in [-0.1, -0.05) is 29.8 Å². The van der Waals surface area contributed by atoms with Crippen LogP contribution in [-0.2, 0) is 21.0 Å². The molecule has 3 aromatic carbocycles. The number of halogens is 4. The number of rotatable bonds is 7. The van der Waals surface area contributed by atoms with Gasteiger partial charge in [0.15, 0.2) is 0 Å². The van der Waals surface area contributed by atoms with Crippen molar-refractivity contribution in [3.8, 4) is 5.75 Å². The van der Waals surface area contributed by atoms with Gasteiger partial charge in [0.05, 0.1) is 28.3 Å². The number of nitrogens with zero attached hydrogens (tertiary/aromatic N) is 1. The van der Waals surface area contributed by atoms with E-state index in [0.29, 0.717) is 5.75 Å². The van der Waals surface area contributed by atoms with Gasteiger partial charge in [0.2, 0.25) is 5.91 Å². The molecule has 0 unspecified atom stereocenters. The van der Waals surface area contributed by atoms with Gasteiger partial charge >= 0.3 is 6.18 Å². The zero-order valence-electron chi connectivity index (χ0n) is 17.1. The van der Waals surface area contributed by atoms with Gasteiger partial charge in [0.1, 0.15) is 12.3 Å². The van der Waals surface area contributed by atoms with Crippen molar-refractivity contribution in [2.24, 2.45) is 0 Å². The molecule has 0 atom stereocenters. The smallest absolute Gasteiger partial charge is 0.416 e. The quantitative estimate of drug-likeness (QED) is 0.486. The average molecular weight is 499 g/mol. The monoisotopic (exact) mass is 498 g/mol. The predicted molar refractivity (Wildman–Crippen MR) is 119 cm³/mol. The van der Waals surface area contributed by atoms with E-state index in [-0.39, 0.29) is 21.3 Å². The fourth-order valence-corrected chi connectivity index (χ4v) is 4.60. The molecule has 0 aliphatic heterocycles. The maximum absolute atomic E-state index is 13.3. The summed E-state index contributed by atoms with van der Waals surface area (Å²) < 4.78 is 70.7. The summed E-state index contributed by atoms with van der Waals surface area (Å²) in [4.78, 5) is 12.6. The number of sulfonamides is 1. The number of carbonyl (C=O) groups is 1. The van der Waals surface area contributed by atoms with E-state index in [1.54, 1.807) is 6.07 Å². The molecule has 0 saturated heterocycles. The predicted octanol–water partition coefficient (Wildman–Crippen LogP) is 5.20. The second-order valence-corrected chi connectivity index (χ2v) is 9.04. The highest BCUT2D eigenvalue weighted by Gasteiger charge is 2.30. The highest BCUT2D eigenvalue weighted by atomic mass is 35.5. The van der Waals surface area contributed by atoms with Crippen molar-refractivity contribution in [2.45, 2.75) is 11.1 Å². The van der Waals surface area contributed by atoms with Crippen molar-refractivity contribution in [2.75, 3.05) is 23.3 Å². The molecule has 0 aliphatic carbocycles. The standard InChI is InChI=1S/C22H18ClF3N2O4S/c1-32-20-12-11-17(13-19(20)23)28(33(30,31)18-5-3-2-4-6-18)14-21(29)27-16-9-7-15(8-10-16)22(24,25)26/h2-13H,14H2,1H3,(H,27,29). The zero-order valence-corrected chi connectivity index (χ0v) is 18.7. The lowest BCUT2D eigenvalue weighted by Crippen LogP contribution is -2.38. The first-order valence-electron chi connectivity index (χ1n) is 9.41. The van der Waals surface area contributed by atoms with Crippen LogP contribution in [0.4, 0.5) is 24.5 Å². The van der Waals surface area contributed by atoms with Gasteiger partial charge in [-0.3, -0.25) is 9.10 Å². The van der Waals surface area contributed by atoms with Gasteiger partial charge in [-0.2, -0.15) is 13.2 Å². The van der Waals surface area contributed by atoms with E-state index >= 15 is 0 Å². The minimum absolute atomic E-state index is 0.0562. The number of hydrogen-bond donors (Lipinski definition) is 1. The lowest BCUT2D eigenvalue weighted by Gasteiger charge is -2.24. The molecule has 0 saturated carbocycles. The molecule has 11 heteroatoms. The average Bonchev–Trinajstić information content (AvgIpc) is 2.77. The van der Waals surface area contributed by atoms with E-state index in [2.05, 4.69) is 5.32 Å². The van der Waals surface area contributed by atoms with Gasteiger partial charge in [0.25, 0.3) is 10.0 Å². The Kier molecular flexibility index (Phi) is 7.19. The van der Waals surface area contributed by atoms with Crippen LogP contribution in [-0.4, -0.2) is 28.0 Å². The Morgan fingerprint density at radius 3 is 2.21 bits per heavy atom. The Labute approximate surface area is 193 Å². The Morgan fingerprint density at radius 1 is 1.03 bits per heavy atom. The fraction of sp³-hybridized carbons (Fsp3) is 0.136. The van der Waals surface area contributed by atoms with Crippen LogP contribution in [0, 0.1) is 0 Å². The molecule has 0 radical (unpaired) electrons. The van der Waals surface area contributed by atoms with Crippen LogP contribution >= 0.6 is 11.6 Å². The van der Waals surface area contributed by atoms with Gasteiger partial charge in [-0.15, -0.1) is 0 Å². The molecule has 0 spiro atoms. The second kappa shape index (κ2) is 9.72. The third-order valence-corrected chi connectivity index (χ3v) is 6.62. The molecule has 1 amide bonds. The molecule has 0 bridgehead atoms. The van der Waals surface area contributed by atoms with E-state index in [0.717, 1.165) is 28.6 Å². The fourth-order valence-electron chi connectivity index (χ4n) is 2.92. The molecule has 3 aromatic rings. The van der Waals surface area contributed by atoms with E-state index in [1.807, 2.05) is 0 Å². The molecule has 0 fully saturated rings. The van der Waals surface area contributed by atoms with Gasteiger partial charge in [-0.25, -0.2) is 8.42 Å². The summed E-state index contributed by atoms with van der Waals surface area (Å²) in [5, 5.41) is 2.54. The molecule has 0 aliphatic rings. The first-order valence-corrected chi connectivity index (χ1v) is 11.2. The van der Waals surface area contributed by atoms with Gasteiger partial charge < -0.3 is 10.1 Å². The van der Waals surface area contributed by atoms with Crippen molar-refractivity contribution >= 4 is 38.9 Å². The summed E-state index contributed by atoms with van der Waals surface area (Å²) in [5.41, 5.74) is -0.688. The summed E-state index contributed by atoms with van der Waals surface area (Å²) in [5.74, 6) is -0.451. The number of anilines is 2.